The normalized spacial score (nSPS) is 16.9. The summed E-state index contributed by atoms with van der Waals surface area (Å²) in [6, 6.07) is 15.4. The summed E-state index contributed by atoms with van der Waals surface area (Å²) < 4.78 is 14.1. The maximum atomic E-state index is 13.0. The van der Waals surface area contributed by atoms with Gasteiger partial charge in [0.15, 0.2) is 0 Å². The second-order valence-electron chi connectivity index (χ2n) is 5.19. The fourth-order valence-electron chi connectivity index (χ4n) is 2.65. The van der Waals surface area contributed by atoms with Gasteiger partial charge in [0.1, 0.15) is 5.82 Å². The van der Waals surface area contributed by atoms with E-state index in [1.54, 1.807) is 12.1 Å². The second kappa shape index (κ2) is 5.06. The van der Waals surface area contributed by atoms with Crippen molar-refractivity contribution in [1.29, 1.82) is 0 Å². The zero-order valence-corrected chi connectivity index (χ0v) is 12.1. The second-order valence-corrected chi connectivity index (χ2v) is 6.11. The van der Waals surface area contributed by atoms with Crippen LogP contribution in [-0.2, 0) is 11.8 Å². The van der Waals surface area contributed by atoms with Gasteiger partial charge in [0.25, 0.3) is 0 Å². The summed E-state index contributed by atoms with van der Waals surface area (Å²) in [6.45, 7) is 1.91. The molecule has 1 nitrogen and oxygen atoms in total. The van der Waals surface area contributed by atoms with E-state index in [4.69, 9.17) is 0 Å². The Hall–Kier alpha value is -1.19. The Labute approximate surface area is 121 Å². The molecule has 0 spiro atoms. The van der Waals surface area contributed by atoms with Gasteiger partial charge in [0, 0.05) is 23.0 Å². The highest BCUT2D eigenvalue weighted by Crippen LogP contribution is 2.32. The van der Waals surface area contributed by atoms with E-state index < -0.39 is 0 Å². The monoisotopic (exact) mass is 319 g/mol. The van der Waals surface area contributed by atoms with Crippen molar-refractivity contribution in [3.05, 3.63) is 69.9 Å². The quantitative estimate of drug-likeness (QED) is 0.910. The molecule has 0 bridgehead atoms. The Morgan fingerprint density at radius 1 is 1.00 bits per heavy atom. The van der Waals surface area contributed by atoms with Gasteiger partial charge < -0.3 is 5.32 Å². The average Bonchev–Trinajstić information content (AvgIpc) is 2.37. The van der Waals surface area contributed by atoms with Gasteiger partial charge in [0.05, 0.1) is 0 Å². The fraction of sp³-hybridized carbons (Fsp3) is 0.250. The summed E-state index contributed by atoms with van der Waals surface area (Å²) in [5.41, 5.74) is 2.64. The third-order valence-corrected chi connectivity index (χ3v) is 4.37. The van der Waals surface area contributed by atoms with Crippen LogP contribution >= 0.6 is 15.9 Å². The van der Waals surface area contributed by atoms with Crippen LogP contribution in [0.4, 0.5) is 4.39 Å². The highest BCUT2D eigenvalue weighted by Gasteiger charge is 2.38. The van der Waals surface area contributed by atoms with Gasteiger partial charge in [-0.15, -0.1) is 0 Å². The van der Waals surface area contributed by atoms with Gasteiger partial charge in [-0.05, 0) is 41.8 Å². The third-order valence-electron chi connectivity index (χ3n) is 3.84. The maximum Gasteiger partial charge on any atom is 0.123 e. The zero-order valence-electron chi connectivity index (χ0n) is 10.5. The first-order valence-electron chi connectivity index (χ1n) is 6.39. The summed E-state index contributed by atoms with van der Waals surface area (Å²) in [6.07, 6.45) is 0.985. The van der Waals surface area contributed by atoms with Gasteiger partial charge in [-0.3, -0.25) is 0 Å². The molecular weight excluding hydrogens is 305 g/mol. The predicted octanol–water partition coefficient (Wildman–Crippen LogP) is 3.67. The molecule has 1 aliphatic rings. The summed E-state index contributed by atoms with van der Waals surface area (Å²) >= 11 is 3.46. The van der Waals surface area contributed by atoms with E-state index in [0.717, 1.165) is 24.0 Å². The van der Waals surface area contributed by atoms with E-state index in [2.05, 4.69) is 45.5 Å². The van der Waals surface area contributed by atoms with Gasteiger partial charge >= 0.3 is 0 Å². The first-order valence-corrected chi connectivity index (χ1v) is 7.19. The van der Waals surface area contributed by atoms with E-state index in [1.807, 2.05) is 12.1 Å². The molecule has 2 aromatic carbocycles. The Kier molecular flexibility index (Phi) is 3.42. The molecule has 0 unspecified atom stereocenters. The number of hydrogen-bond donors (Lipinski definition) is 1. The van der Waals surface area contributed by atoms with E-state index in [-0.39, 0.29) is 11.2 Å². The van der Waals surface area contributed by atoms with Crippen molar-refractivity contribution in [2.75, 3.05) is 13.1 Å². The molecule has 1 N–H and O–H groups in total. The topological polar surface area (TPSA) is 12.0 Å². The molecule has 0 amide bonds. The molecule has 0 saturated carbocycles. The van der Waals surface area contributed by atoms with Crippen molar-refractivity contribution in [2.45, 2.75) is 11.8 Å². The highest BCUT2D eigenvalue weighted by atomic mass is 79.9. The number of nitrogens with one attached hydrogen (secondary N) is 1. The van der Waals surface area contributed by atoms with Crippen LogP contribution in [0, 0.1) is 5.82 Å². The van der Waals surface area contributed by atoms with E-state index in [0.29, 0.717) is 0 Å². The number of halogens is 2. The van der Waals surface area contributed by atoms with Gasteiger partial charge in [-0.2, -0.15) is 0 Å². The molecule has 1 heterocycles. The van der Waals surface area contributed by atoms with Crippen molar-refractivity contribution in [2.24, 2.45) is 0 Å². The number of rotatable bonds is 3. The lowest BCUT2D eigenvalue weighted by molar-refractivity contribution is 0.274. The molecule has 19 heavy (non-hydrogen) atoms. The molecule has 3 heteroatoms. The molecule has 0 aromatic heterocycles. The zero-order chi connectivity index (χ0) is 13.3. The number of hydrogen-bond acceptors (Lipinski definition) is 1. The van der Waals surface area contributed by atoms with Crippen molar-refractivity contribution >= 4 is 15.9 Å². The summed E-state index contributed by atoms with van der Waals surface area (Å²) in [7, 11) is 0. The Morgan fingerprint density at radius 3 is 2.16 bits per heavy atom. The lowest BCUT2D eigenvalue weighted by atomic mass is 9.71. The highest BCUT2D eigenvalue weighted by molar-refractivity contribution is 9.10. The lowest BCUT2D eigenvalue weighted by Crippen LogP contribution is -2.58. The van der Waals surface area contributed by atoms with Crippen LogP contribution in [-0.4, -0.2) is 13.1 Å². The van der Waals surface area contributed by atoms with Crippen LogP contribution in [0.1, 0.15) is 11.1 Å². The molecule has 1 fully saturated rings. The smallest absolute Gasteiger partial charge is 0.123 e. The van der Waals surface area contributed by atoms with Crippen LogP contribution in [0.2, 0.25) is 0 Å². The average molecular weight is 320 g/mol. The van der Waals surface area contributed by atoms with Crippen LogP contribution in [0.3, 0.4) is 0 Å². The molecular formula is C16H15BrFN. The fourth-order valence-corrected chi connectivity index (χ4v) is 2.92. The van der Waals surface area contributed by atoms with Crippen molar-refractivity contribution in [3.63, 3.8) is 0 Å². The van der Waals surface area contributed by atoms with Gasteiger partial charge in [0.2, 0.25) is 0 Å². The maximum absolute atomic E-state index is 13.0. The van der Waals surface area contributed by atoms with Crippen LogP contribution in [0.25, 0.3) is 0 Å². The minimum absolute atomic E-state index is 0.113. The minimum atomic E-state index is -0.171. The summed E-state index contributed by atoms with van der Waals surface area (Å²) in [5.74, 6) is -0.171. The largest absolute Gasteiger partial charge is 0.315 e. The number of benzene rings is 2. The lowest BCUT2D eigenvalue weighted by Gasteiger charge is -2.43. The van der Waals surface area contributed by atoms with Crippen LogP contribution in [0.5, 0.6) is 0 Å². The molecule has 2 aromatic rings. The molecule has 0 atom stereocenters. The SMILES string of the molecule is Fc1ccc(C2(Cc3ccc(Br)cc3)CNC2)cc1. The van der Waals surface area contributed by atoms with Gasteiger partial charge in [-0.1, -0.05) is 40.2 Å². The predicted molar refractivity (Wildman–Crippen MR) is 78.8 cm³/mol. The van der Waals surface area contributed by atoms with Gasteiger partial charge in [-0.25, -0.2) is 4.39 Å². The standard InChI is InChI=1S/C16H15BrFN/c17-14-5-1-12(2-6-14)9-16(10-19-11-16)13-3-7-15(18)8-4-13/h1-8,19H,9-11H2. The molecule has 1 aliphatic heterocycles. The van der Waals surface area contributed by atoms with Crippen LogP contribution < -0.4 is 5.32 Å². The van der Waals surface area contributed by atoms with E-state index in [1.165, 1.54) is 11.1 Å². The minimum Gasteiger partial charge on any atom is -0.315 e. The molecule has 0 radical (unpaired) electrons. The first kappa shape index (κ1) is 12.8. The third kappa shape index (κ3) is 2.58. The Balaban J connectivity index is 1.87. The van der Waals surface area contributed by atoms with Crippen molar-refractivity contribution in [3.8, 4) is 0 Å². The Morgan fingerprint density at radius 2 is 1.63 bits per heavy atom. The molecule has 0 aliphatic carbocycles. The molecule has 1 saturated heterocycles. The van der Waals surface area contributed by atoms with E-state index >= 15 is 0 Å². The van der Waals surface area contributed by atoms with E-state index in [9.17, 15) is 4.39 Å². The molecule has 3 rings (SSSR count). The summed E-state index contributed by atoms with van der Waals surface area (Å²) in [4.78, 5) is 0. The van der Waals surface area contributed by atoms with Crippen LogP contribution in [0.15, 0.2) is 53.0 Å². The first-order chi connectivity index (χ1) is 9.18. The van der Waals surface area contributed by atoms with Crippen molar-refractivity contribution in [1.82, 2.24) is 5.32 Å². The van der Waals surface area contributed by atoms with Crippen molar-refractivity contribution < 1.29 is 4.39 Å². The summed E-state index contributed by atoms with van der Waals surface area (Å²) in [5, 5.41) is 3.34. The molecule has 98 valence electrons. The Bertz CT molecular complexity index is 558.